The quantitative estimate of drug-likeness (QED) is 0.896. The highest BCUT2D eigenvalue weighted by Crippen LogP contribution is 2.36. The van der Waals surface area contributed by atoms with Crippen LogP contribution in [0, 0.1) is 11.8 Å². The molecule has 0 spiro atoms. The van der Waals surface area contributed by atoms with Crippen LogP contribution in [-0.4, -0.2) is 17.6 Å². The molecular weight excluding hydrogens is 270 g/mol. The van der Waals surface area contributed by atoms with Crippen molar-refractivity contribution in [1.29, 1.82) is 0 Å². The summed E-state index contributed by atoms with van der Waals surface area (Å²) in [7, 11) is 0. The number of hydrogen-bond donors (Lipinski definition) is 2. The van der Waals surface area contributed by atoms with Gasteiger partial charge in [-0.1, -0.05) is 22.9 Å². The maximum absolute atomic E-state index is 11.7. The lowest BCUT2D eigenvalue weighted by atomic mass is 10.2. The van der Waals surface area contributed by atoms with E-state index < -0.39 is 0 Å². The van der Waals surface area contributed by atoms with Crippen molar-refractivity contribution in [3.05, 3.63) is 28.2 Å². The Morgan fingerprint density at radius 2 is 2.31 bits per heavy atom. The summed E-state index contributed by atoms with van der Waals surface area (Å²) in [6.07, 6.45) is 1.19. The Morgan fingerprint density at radius 1 is 1.62 bits per heavy atom. The molecule has 1 aromatic rings. The summed E-state index contributed by atoms with van der Waals surface area (Å²) in [6.45, 7) is 2.88. The molecule has 1 aliphatic rings. The van der Waals surface area contributed by atoms with Gasteiger partial charge in [-0.2, -0.15) is 0 Å². The Bertz CT molecular complexity index is 419. The first-order valence-electron chi connectivity index (χ1n) is 5.34. The highest BCUT2D eigenvalue weighted by molar-refractivity contribution is 9.10. The Kier molecular flexibility index (Phi) is 3.19. The second-order valence-electron chi connectivity index (χ2n) is 4.34. The van der Waals surface area contributed by atoms with Gasteiger partial charge in [-0.05, 0) is 36.5 Å². The molecular formula is C12H14BrNO2. The van der Waals surface area contributed by atoms with Crippen LogP contribution in [0.25, 0.3) is 0 Å². The van der Waals surface area contributed by atoms with Gasteiger partial charge in [0.05, 0.1) is 5.56 Å². The molecule has 0 radical (unpaired) electrons. The van der Waals surface area contributed by atoms with Crippen LogP contribution in [-0.2, 0) is 0 Å². The molecule has 0 saturated heterocycles. The highest BCUT2D eigenvalue weighted by atomic mass is 79.9. The highest BCUT2D eigenvalue weighted by Gasteiger charge is 2.32. The van der Waals surface area contributed by atoms with Gasteiger partial charge < -0.3 is 10.4 Å². The summed E-state index contributed by atoms with van der Waals surface area (Å²) in [6, 6.07) is 4.88. The largest absolute Gasteiger partial charge is 0.507 e. The van der Waals surface area contributed by atoms with Crippen molar-refractivity contribution in [1.82, 2.24) is 5.32 Å². The van der Waals surface area contributed by atoms with Crippen molar-refractivity contribution in [2.45, 2.75) is 13.3 Å². The standard InChI is InChI=1S/C12H14BrNO2/c1-7-4-8(7)6-14-12(16)10-3-2-9(13)5-11(10)15/h2-3,5,7-8,15H,4,6H2,1H3,(H,14,16). The predicted octanol–water partition coefficient (Wildman–Crippen LogP) is 2.54. The van der Waals surface area contributed by atoms with Crippen molar-refractivity contribution < 1.29 is 9.90 Å². The van der Waals surface area contributed by atoms with Gasteiger partial charge in [-0.3, -0.25) is 4.79 Å². The Labute approximate surface area is 103 Å². The summed E-state index contributed by atoms with van der Waals surface area (Å²) in [5, 5.41) is 12.4. The number of carbonyl (C=O) groups excluding carboxylic acids is 1. The van der Waals surface area contributed by atoms with Gasteiger partial charge in [0, 0.05) is 11.0 Å². The number of benzene rings is 1. The molecule has 1 saturated carbocycles. The number of aromatic hydroxyl groups is 1. The molecule has 1 amide bonds. The fraction of sp³-hybridized carbons (Fsp3) is 0.417. The van der Waals surface area contributed by atoms with Crippen LogP contribution >= 0.6 is 15.9 Å². The van der Waals surface area contributed by atoms with Gasteiger partial charge in [0.15, 0.2) is 0 Å². The summed E-state index contributed by atoms with van der Waals surface area (Å²) in [5.74, 6) is 1.14. The van der Waals surface area contributed by atoms with Crippen LogP contribution in [0.2, 0.25) is 0 Å². The topological polar surface area (TPSA) is 49.3 Å². The van der Waals surface area contributed by atoms with E-state index in [4.69, 9.17) is 0 Å². The number of rotatable bonds is 3. The normalized spacial score (nSPS) is 22.9. The van der Waals surface area contributed by atoms with Crippen molar-refractivity contribution in [2.24, 2.45) is 11.8 Å². The average Bonchev–Trinajstić information content (AvgIpc) is 2.91. The van der Waals surface area contributed by atoms with Crippen molar-refractivity contribution in [3.63, 3.8) is 0 Å². The lowest BCUT2D eigenvalue weighted by Gasteiger charge is -2.06. The van der Waals surface area contributed by atoms with Gasteiger partial charge in [0.2, 0.25) is 0 Å². The number of phenolic OH excluding ortho intramolecular Hbond substituents is 1. The first-order chi connectivity index (χ1) is 7.58. The van der Waals surface area contributed by atoms with E-state index in [2.05, 4.69) is 28.2 Å². The van der Waals surface area contributed by atoms with Gasteiger partial charge in [0.25, 0.3) is 5.91 Å². The van der Waals surface area contributed by atoms with Crippen LogP contribution in [0.5, 0.6) is 5.75 Å². The van der Waals surface area contributed by atoms with E-state index in [0.717, 1.165) is 10.4 Å². The summed E-state index contributed by atoms with van der Waals surface area (Å²) in [5.41, 5.74) is 0.330. The number of phenols is 1. The monoisotopic (exact) mass is 283 g/mol. The van der Waals surface area contributed by atoms with Gasteiger partial charge in [0.1, 0.15) is 5.75 Å². The van der Waals surface area contributed by atoms with Crippen molar-refractivity contribution in [3.8, 4) is 5.75 Å². The molecule has 3 nitrogen and oxygen atoms in total. The molecule has 0 heterocycles. The number of nitrogens with one attached hydrogen (secondary N) is 1. The number of hydrogen-bond acceptors (Lipinski definition) is 2. The number of amides is 1. The molecule has 4 heteroatoms. The maximum Gasteiger partial charge on any atom is 0.255 e. The van der Waals surface area contributed by atoms with Crippen LogP contribution in [0.15, 0.2) is 22.7 Å². The van der Waals surface area contributed by atoms with Gasteiger partial charge in [-0.25, -0.2) is 0 Å². The smallest absolute Gasteiger partial charge is 0.255 e. The van der Waals surface area contributed by atoms with Crippen molar-refractivity contribution in [2.75, 3.05) is 6.54 Å². The Morgan fingerprint density at radius 3 is 2.88 bits per heavy atom. The van der Waals surface area contributed by atoms with Crippen LogP contribution < -0.4 is 5.32 Å². The van der Waals surface area contributed by atoms with Gasteiger partial charge >= 0.3 is 0 Å². The fourth-order valence-electron chi connectivity index (χ4n) is 1.70. The first-order valence-corrected chi connectivity index (χ1v) is 6.14. The summed E-state index contributed by atoms with van der Waals surface area (Å²) >= 11 is 3.23. The molecule has 1 aromatic carbocycles. The molecule has 0 aromatic heterocycles. The van der Waals surface area contributed by atoms with E-state index in [-0.39, 0.29) is 11.7 Å². The van der Waals surface area contributed by atoms with Gasteiger partial charge in [-0.15, -0.1) is 0 Å². The molecule has 2 rings (SSSR count). The van der Waals surface area contributed by atoms with E-state index in [9.17, 15) is 9.90 Å². The fourth-order valence-corrected chi connectivity index (χ4v) is 2.05. The molecule has 16 heavy (non-hydrogen) atoms. The lowest BCUT2D eigenvalue weighted by Crippen LogP contribution is -2.25. The SMILES string of the molecule is CC1CC1CNC(=O)c1ccc(Br)cc1O. The molecule has 2 unspecified atom stereocenters. The predicted molar refractivity (Wildman–Crippen MR) is 65.4 cm³/mol. The minimum Gasteiger partial charge on any atom is -0.507 e. The molecule has 2 atom stereocenters. The zero-order chi connectivity index (χ0) is 11.7. The Balaban J connectivity index is 1.97. The molecule has 0 aliphatic heterocycles. The second kappa shape index (κ2) is 4.45. The number of carbonyl (C=O) groups is 1. The second-order valence-corrected chi connectivity index (χ2v) is 5.26. The zero-order valence-electron chi connectivity index (χ0n) is 9.03. The zero-order valence-corrected chi connectivity index (χ0v) is 10.6. The van der Waals surface area contributed by atoms with Crippen LogP contribution in [0.4, 0.5) is 0 Å². The summed E-state index contributed by atoms with van der Waals surface area (Å²) < 4.78 is 0.761. The lowest BCUT2D eigenvalue weighted by molar-refractivity contribution is 0.0948. The first kappa shape index (κ1) is 11.5. The molecule has 2 N–H and O–H groups in total. The molecule has 1 aliphatic carbocycles. The van der Waals surface area contributed by atoms with E-state index in [1.807, 2.05) is 0 Å². The van der Waals surface area contributed by atoms with Crippen molar-refractivity contribution >= 4 is 21.8 Å². The molecule has 86 valence electrons. The van der Waals surface area contributed by atoms with Crippen LogP contribution in [0.3, 0.4) is 0 Å². The molecule has 0 bridgehead atoms. The summed E-state index contributed by atoms with van der Waals surface area (Å²) in [4.78, 5) is 11.7. The average molecular weight is 284 g/mol. The third-order valence-electron chi connectivity index (χ3n) is 3.01. The van der Waals surface area contributed by atoms with E-state index in [1.54, 1.807) is 12.1 Å². The maximum atomic E-state index is 11.7. The third kappa shape index (κ3) is 2.55. The van der Waals surface area contributed by atoms with E-state index in [1.165, 1.54) is 12.5 Å². The number of halogens is 1. The third-order valence-corrected chi connectivity index (χ3v) is 3.50. The Hall–Kier alpha value is -1.03. The van der Waals surface area contributed by atoms with E-state index >= 15 is 0 Å². The van der Waals surface area contributed by atoms with Crippen LogP contribution in [0.1, 0.15) is 23.7 Å². The van der Waals surface area contributed by atoms with E-state index in [0.29, 0.717) is 18.0 Å². The minimum absolute atomic E-state index is 0.00993. The minimum atomic E-state index is -0.205. The molecule has 1 fully saturated rings.